The number of nitrogens with one attached hydrogen (secondary N) is 1. The minimum Gasteiger partial charge on any atom is -0.319 e. The zero-order valence-corrected chi connectivity index (χ0v) is 12.0. The van der Waals surface area contributed by atoms with Gasteiger partial charge in [-0.3, -0.25) is 4.79 Å². The van der Waals surface area contributed by atoms with Gasteiger partial charge >= 0.3 is 0 Å². The van der Waals surface area contributed by atoms with Gasteiger partial charge in [-0.1, -0.05) is 12.1 Å². The highest BCUT2D eigenvalue weighted by atomic mass is 79.9. The Kier molecular flexibility index (Phi) is 3.78. The number of hydrogen-bond donors (Lipinski definition) is 1. The van der Waals surface area contributed by atoms with Gasteiger partial charge in [0.2, 0.25) is 0 Å². The van der Waals surface area contributed by atoms with E-state index in [-0.39, 0.29) is 5.91 Å². The molecule has 0 aliphatic rings. The van der Waals surface area contributed by atoms with Crippen LogP contribution in [0.1, 0.15) is 9.67 Å². The first-order valence-corrected chi connectivity index (χ1v) is 6.94. The van der Waals surface area contributed by atoms with Gasteiger partial charge < -0.3 is 5.32 Å². The molecular weight excluding hydrogens is 354 g/mol. The van der Waals surface area contributed by atoms with Gasteiger partial charge in [0.25, 0.3) is 5.91 Å². The molecule has 0 aliphatic heterocycles. The zero-order chi connectivity index (χ0) is 11.5. The first kappa shape index (κ1) is 11.8. The molecule has 1 N–H and O–H groups in total. The van der Waals surface area contributed by atoms with Crippen molar-refractivity contribution in [3.63, 3.8) is 0 Å². The van der Waals surface area contributed by atoms with Crippen molar-refractivity contribution in [2.75, 3.05) is 5.32 Å². The van der Waals surface area contributed by atoms with Crippen LogP contribution in [0.5, 0.6) is 0 Å². The lowest BCUT2D eigenvalue weighted by Crippen LogP contribution is -2.10. The molecule has 2 nitrogen and oxygen atoms in total. The Balaban J connectivity index is 2.25. The lowest BCUT2D eigenvalue weighted by atomic mass is 10.3. The van der Waals surface area contributed by atoms with E-state index in [1.54, 1.807) is 6.07 Å². The Bertz CT molecular complexity index is 490. The van der Waals surface area contributed by atoms with E-state index >= 15 is 0 Å². The highest BCUT2D eigenvalue weighted by Gasteiger charge is 2.11. The normalized spacial score (nSPS) is 10.1. The summed E-state index contributed by atoms with van der Waals surface area (Å²) in [5.74, 6) is -0.0948. The average Bonchev–Trinajstić information content (AvgIpc) is 2.76. The lowest BCUT2D eigenvalue weighted by molar-refractivity contribution is 0.103. The maximum Gasteiger partial charge on any atom is 0.265 e. The molecule has 0 atom stereocenters. The molecule has 2 aromatic rings. The number of hydrogen-bond acceptors (Lipinski definition) is 2. The Hall–Kier alpha value is -0.650. The number of carbonyl (C=O) groups excluding carboxylic acids is 1. The van der Waals surface area contributed by atoms with Crippen LogP contribution in [0.4, 0.5) is 5.69 Å². The van der Waals surface area contributed by atoms with Crippen molar-refractivity contribution in [3.8, 4) is 0 Å². The third-order valence-electron chi connectivity index (χ3n) is 1.95. The van der Waals surface area contributed by atoms with Crippen LogP contribution < -0.4 is 5.32 Å². The maximum atomic E-state index is 11.8. The quantitative estimate of drug-likeness (QED) is 0.837. The van der Waals surface area contributed by atoms with E-state index in [4.69, 9.17) is 0 Å². The molecule has 1 amide bonds. The molecule has 0 spiro atoms. The fourth-order valence-electron chi connectivity index (χ4n) is 1.20. The summed E-state index contributed by atoms with van der Waals surface area (Å²) in [6.07, 6.45) is 0. The Morgan fingerprint density at radius 2 is 1.81 bits per heavy atom. The topological polar surface area (TPSA) is 29.1 Å². The van der Waals surface area contributed by atoms with Gasteiger partial charge in [-0.05, 0) is 55.4 Å². The Morgan fingerprint density at radius 1 is 1.12 bits per heavy atom. The fraction of sp³-hybridized carbons (Fsp3) is 0. The molecule has 0 radical (unpaired) electrons. The third kappa shape index (κ3) is 2.53. The van der Waals surface area contributed by atoms with Crippen molar-refractivity contribution < 1.29 is 4.79 Å². The number of carbonyl (C=O) groups is 1. The summed E-state index contributed by atoms with van der Waals surface area (Å²) < 4.78 is 1.71. The van der Waals surface area contributed by atoms with E-state index in [0.717, 1.165) is 14.6 Å². The van der Waals surface area contributed by atoms with Crippen LogP contribution >= 0.6 is 43.2 Å². The van der Waals surface area contributed by atoms with Crippen molar-refractivity contribution in [2.24, 2.45) is 0 Å². The zero-order valence-electron chi connectivity index (χ0n) is 8.04. The molecule has 1 aromatic heterocycles. The molecule has 0 unspecified atom stereocenters. The van der Waals surface area contributed by atoms with Gasteiger partial charge in [0, 0.05) is 8.95 Å². The summed E-state index contributed by atoms with van der Waals surface area (Å²) in [5, 5.41) is 4.74. The molecule has 0 saturated carbocycles. The Labute approximate surface area is 114 Å². The van der Waals surface area contributed by atoms with E-state index in [0.29, 0.717) is 4.88 Å². The minimum absolute atomic E-state index is 0.0948. The second kappa shape index (κ2) is 5.12. The molecular formula is C11H7Br2NOS. The van der Waals surface area contributed by atoms with Crippen molar-refractivity contribution in [3.05, 3.63) is 49.5 Å². The number of halogens is 2. The van der Waals surface area contributed by atoms with Crippen molar-refractivity contribution in [1.82, 2.24) is 0 Å². The van der Waals surface area contributed by atoms with Gasteiger partial charge in [0.05, 0.1) is 10.6 Å². The van der Waals surface area contributed by atoms with Gasteiger partial charge in [-0.25, -0.2) is 0 Å². The van der Waals surface area contributed by atoms with Crippen LogP contribution in [-0.4, -0.2) is 5.91 Å². The van der Waals surface area contributed by atoms with Gasteiger partial charge in [-0.2, -0.15) is 0 Å². The summed E-state index contributed by atoms with van der Waals surface area (Å²) in [4.78, 5) is 12.5. The predicted octanol–water partition coefficient (Wildman–Crippen LogP) is 4.53. The second-order valence-corrected chi connectivity index (χ2v) is 5.68. The number of thiophene rings is 1. The van der Waals surface area contributed by atoms with Crippen molar-refractivity contribution in [2.45, 2.75) is 0 Å². The van der Waals surface area contributed by atoms with Crippen molar-refractivity contribution in [1.29, 1.82) is 0 Å². The van der Waals surface area contributed by atoms with Gasteiger partial charge in [-0.15, -0.1) is 11.3 Å². The number of amides is 1. The summed E-state index contributed by atoms with van der Waals surface area (Å²) in [6, 6.07) is 9.32. The first-order chi connectivity index (χ1) is 7.68. The minimum atomic E-state index is -0.0948. The number of rotatable bonds is 2. The predicted molar refractivity (Wildman–Crippen MR) is 74.1 cm³/mol. The lowest BCUT2D eigenvalue weighted by Gasteiger charge is -2.08. The molecule has 0 aliphatic carbocycles. The molecule has 0 saturated heterocycles. The van der Waals surface area contributed by atoms with Crippen LogP contribution in [0, 0.1) is 0 Å². The molecule has 1 heterocycles. The average molecular weight is 361 g/mol. The SMILES string of the molecule is O=C(Nc1c(Br)cccc1Br)c1cccs1. The van der Waals surface area contributed by atoms with Crippen LogP contribution in [0.25, 0.3) is 0 Å². The highest BCUT2D eigenvalue weighted by Crippen LogP contribution is 2.31. The smallest absolute Gasteiger partial charge is 0.265 e. The molecule has 0 fully saturated rings. The molecule has 2 rings (SSSR count). The molecule has 5 heteroatoms. The molecule has 16 heavy (non-hydrogen) atoms. The standard InChI is InChI=1S/C11H7Br2NOS/c12-7-3-1-4-8(13)10(7)14-11(15)9-5-2-6-16-9/h1-6H,(H,14,15). The van der Waals surface area contributed by atoms with Crippen LogP contribution in [0.15, 0.2) is 44.7 Å². The number of benzene rings is 1. The summed E-state index contributed by atoms with van der Waals surface area (Å²) in [6.45, 7) is 0. The number of anilines is 1. The van der Waals surface area contributed by atoms with Gasteiger partial charge in [0.1, 0.15) is 0 Å². The number of para-hydroxylation sites is 1. The third-order valence-corrected chi connectivity index (χ3v) is 4.14. The largest absolute Gasteiger partial charge is 0.319 e. The van der Waals surface area contributed by atoms with E-state index in [1.807, 2.05) is 29.6 Å². The summed E-state index contributed by atoms with van der Waals surface area (Å²) >= 11 is 8.21. The van der Waals surface area contributed by atoms with Gasteiger partial charge in [0.15, 0.2) is 0 Å². The maximum absolute atomic E-state index is 11.8. The molecule has 0 bridgehead atoms. The molecule has 1 aromatic carbocycles. The van der Waals surface area contributed by atoms with E-state index in [9.17, 15) is 4.79 Å². The monoisotopic (exact) mass is 359 g/mol. The van der Waals surface area contributed by atoms with E-state index < -0.39 is 0 Å². The highest BCUT2D eigenvalue weighted by molar-refractivity contribution is 9.11. The summed E-state index contributed by atoms with van der Waals surface area (Å²) in [7, 11) is 0. The first-order valence-electron chi connectivity index (χ1n) is 4.47. The van der Waals surface area contributed by atoms with Crippen LogP contribution in [-0.2, 0) is 0 Å². The second-order valence-electron chi connectivity index (χ2n) is 3.03. The van der Waals surface area contributed by atoms with E-state index in [1.165, 1.54) is 11.3 Å². The van der Waals surface area contributed by atoms with Crippen LogP contribution in [0.2, 0.25) is 0 Å². The van der Waals surface area contributed by atoms with Crippen molar-refractivity contribution >= 4 is 54.8 Å². The molecule has 82 valence electrons. The fourth-order valence-corrected chi connectivity index (χ4v) is 3.02. The van der Waals surface area contributed by atoms with Crippen LogP contribution in [0.3, 0.4) is 0 Å². The summed E-state index contributed by atoms with van der Waals surface area (Å²) in [5.41, 5.74) is 0.751. The Morgan fingerprint density at radius 3 is 2.38 bits per heavy atom. The van der Waals surface area contributed by atoms with E-state index in [2.05, 4.69) is 37.2 Å².